The summed E-state index contributed by atoms with van der Waals surface area (Å²) in [6.07, 6.45) is 8.46. The van der Waals surface area contributed by atoms with Crippen LogP contribution in [-0.4, -0.2) is 13.2 Å². The van der Waals surface area contributed by atoms with Crippen LogP contribution in [0.2, 0.25) is 0 Å². The Morgan fingerprint density at radius 1 is 0.500 bits per heavy atom. The van der Waals surface area contributed by atoms with Gasteiger partial charge in [-0.05, 0) is 61.4 Å². The summed E-state index contributed by atoms with van der Waals surface area (Å²) >= 11 is 0. The van der Waals surface area contributed by atoms with Gasteiger partial charge in [0.2, 0.25) is 0 Å². The van der Waals surface area contributed by atoms with Gasteiger partial charge in [0.1, 0.15) is 11.5 Å². The number of hydrogen-bond acceptors (Lipinski definition) is 4. The van der Waals surface area contributed by atoms with Gasteiger partial charge in [-0.25, -0.2) is 0 Å². The second-order valence-electron chi connectivity index (χ2n) is 6.31. The molecule has 0 bridgehead atoms. The van der Waals surface area contributed by atoms with E-state index in [-0.39, 0.29) is 12.4 Å². The topological polar surface area (TPSA) is 70.5 Å². The second-order valence-corrected chi connectivity index (χ2v) is 6.31. The molecule has 0 spiro atoms. The van der Waals surface area contributed by atoms with Gasteiger partial charge in [-0.1, -0.05) is 32.1 Å². The molecule has 0 atom stereocenters. The first kappa shape index (κ1) is 22.0. The molecule has 2 aromatic carbocycles. The maximum Gasteiger partial charge on any atom is 0.119 e. The zero-order valence-corrected chi connectivity index (χ0v) is 16.2. The number of ether oxygens (including phenoxy) is 2. The van der Waals surface area contributed by atoms with E-state index in [0.717, 1.165) is 48.9 Å². The molecule has 0 saturated heterocycles. The Morgan fingerprint density at radius 3 is 1.15 bits per heavy atom. The number of nitrogens with two attached hydrogens (primary N) is 2. The molecule has 0 aliphatic carbocycles. The van der Waals surface area contributed by atoms with Crippen molar-refractivity contribution in [3.05, 3.63) is 48.5 Å². The standard InChI is InChI=1S/C21H30N2O2.ClH/c22-18-8-12-20(13-9-18)24-16-6-4-2-1-3-5-7-17-25-21-14-10-19(23)11-15-21;/h8-15H,1-7,16-17,22-23H2;1H. The first-order valence-corrected chi connectivity index (χ1v) is 9.21. The van der Waals surface area contributed by atoms with Crippen LogP contribution in [0.3, 0.4) is 0 Å². The van der Waals surface area contributed by atoms with E-state index in [1.54, 1.807) is 0 Å². The smallest absolute Gasteiger partial charge is 0.119 e. The largest absolute Gasteiger partial charge is 0.494 e. The fraction of sp³-hybridized carbons (Fsp3) is 0.429. The molecule has 0 amide bonds. The lowest BCUT2D eigenvalue weighted by Crippen LogP contribution is -1.98. The maximum atomic E-state index is 5.69. The van der Waals surface area contributed by atoms with Gasteiger partial charge in [-0.3, -0.25) is 0 Å². The number of halogens is 1. The van der Waals surface area contributed by atoms with Crippen molar-refractivity contribution in [2.45, 2.75) is 44.9 Å². The van der Waals surface area contributed by atoms with Gasteiger partial charge in [0, 0.05) is 11.4 Å². The highest BCUT2D eigenvalue weighted by molar-refractivity contribution is 5.85. The molecule has 0 radical (unpaired) electrons. The van der Waals surface area contributed by atoms with Crippen molar-refractivity contribution in [1.29, 1.82) is 0 Å². The summed E-state index contributed by atoms with van der Waals surface area (Å²) in [6, 6.07) is 15.1. The number of benzene rings is 2. The molecule has 5 heteroatoms. The van der Waals surface area contributed by atoms with Crippen LogP contribution in [0.4, 0.5) is 11.4 Å². The quantitative estimate of drug-likeness (QED) is 0.380. The molecular formula is C21H31ClN2O2. The highest BCUT2D eigenvalue weighted by Crippen LogP contribution is 2.15. The maximum absolute atomic E-state index is 5.69. The van der Waals surface area contributed by atoms with Crippen LogP contribution in [0.1, 0.15) is 44.9 Å². The third-order valence-electron chi connectivity index (χ3n) is 4.09. The summed E-state index contributed by atoms with van der Waals surface area (Å²) in [5.41, 5.74) is 12.8. The predicted octanol–water partition coefficient (Wildman–Crippen LogP) is 5.46. The number of hydrogen-bond donors (Lipinski definition) is 2. The molecular weight excluding hydrogens is 348 g/mol. The molecule has 2 rings (SSSR count). The average Bonchev–Trinajstić information content (AvgIpc) is 2.63. The summed E-state index contributed by atoms with van der Waals surface area (Å²) in [5.74, 6) is 1.80. The number of anilines is 2. The molecule has 0 saturated carbocycles. The number of unbranched alkanes of at least 4 members (excludes halogenated alkanes) is 6. The third-order valence-corrected chi connectivity index (χ3v) is 4.09. The van der Waals surface area contributed by atoms with E-state index in [9.17, 15) is 0 Å². The third kappa shape index (κ3) is 9.42. The second kappa shape index (κ2) is 13.2. The van der Waals surface area contributed by atoms with Crippen molar-refractivity contribution in [3.8, 4) is 11.5 Å². The molecule has 0 fully saturated rings. The Labute approximate surface area is 163 Å². The van der Waals surface area contributed by atoms with Crippen LogP contribution in [0, 0.1) is 0 Å². The van der Waals surface area contributed by atoms with Gasteiger partial charge in [0.05, 0.1) is 13.2 Å². The fourth-order valence-corrected chi connectivity index (χ4v) is 2.60. The lowest BCUT2D eigenvalue weighted by Gasteiger charge is -2.07. The Morgan fingerprint density at radius 2 is 0.808 bits per heavy atom. The lowest BCUT2D eigenvalue weighted by molar-refractivity contribution is 0.300. The van der Waals surface area contributed by atoms with Gasteiger partial charge in [-0.2, -0.15) is 0 Å². The van der Waals surface area contributed by atoms with Crippen LogP contribution in [0.15, 0.2) is 48.5 Å². The summed E-state index contributed by atoms with van der Waals surface area (Å²) in [6.45, 7) is 1.55. The Bertz CT molecular complexity index is 534. The molecule has 2 aromatic rings. The molecule has 0 aromatic heterocycles. The number of nitrogen functional groups attached to an aromatic ring is 2. The number of rotatable bonds is 12. The van der Waals surface area contributed by atoms with Crippen molar-refractivity contribution in [3.63, 3.8) is 0 Å². The van der Waals surface area contributed by atoms with Gasteiger partial charge in [-0.15, -0.1) is 12.4 Å². The molecule has 0 aliphatic rings. The van der Waals surface area contributed by atoms with Gasteiger partial charge in [0.25, 0.3) is 0 Å². The van der Waals surface area contributed by atoms with Gasteiger partial charge < -0.3 is 20.9 Å². The van der Waals surface area contributed by atoms with E-state index < -0.39 is 0 Å². The van der Waals surface area contributed by atoms with Gasteiger partial charge in [0.15, 0.2) is 0 Å². The van der Waals surface area contributed by atoms with Gasteiger partial charge >= 0.3 is 0 Å². The Kier molecular flexibility index (Phi) is 11.1. The van der Waals surface area contributed by atoms with Crippen molar-refractivity contribution in [2.24, 2.45) is 0 Å². The van der Waals surface area contributed by atoms with Crippen molar-refractivity contribution in [1.82, 2.24) is 0 Å². The van der Waals surface area contributed by atoms with Crippen LogP contribution < -0.4 is 20.9 Å². The van der Waals surface area contributed by atoms with Crippen molar-refractivity contribution < 1.29 is 9.47 Å². The minimum absolute atomic E-state index is 0. The van der Waals surface area contributed by atoms with Crippen LogP contribution in [0.25, 0.3) is 0 Å². The average molecular weight is 379 g/mol. The minimum Gasteiger partial charge on any atom is -0.494 e. The van der Waals surface area contributed by atoms with E-state index in [1.807, 2.05) is 48.5 Å². The van der Waals surface area contributed by atoms with Crippen LogP contribution >= 0.6 is 12.4 Å². The molecule has 26 heavy (non-hydrogen) atoms. The summed E-state index contributed by atoms with van der Waals surface area (Å²) in [5, 5.41) is 0. The molecule has 0 aliphatic heterocycles. The molecule has 4 nitrogen and oxygen atoms in total. The fourth-order valence-electron chi connectivity index (χ4n) is 2.60. The van der Waals surface area contributed by atoms with Crippen molar-refractivity contribution >= 4 is 23.8 Å². The summed E-state index contributed by atoms with van der Waals surface area (Å²) < 4.78 is 11.4. The Balaban J connectivity index is 0.00000338. The van der Waals surface area contributed by atoms with E-state index in [2.05, 4.69) is 0 Å². The first-order valence-electron chi connectivity index (χ1n) is 9.21. The van der Waals surface area contributed by atoms with E-state index >= 15 is 0 Å². The van der Waals surface area contributed by atoms with Crippen LogP contribution in [0.5, 0.6) is 11.5 Å². The van der Waals surface area contributed by atoms with E-state index in [0.29, 0.717) is 0 Å². The lowest BCUT2D eigenvalue weighted by atomic mass is 10.1. The molecule has 0 heterocycles. The van der Waals surface area contributed by atoms with Crippen LogP contribution in [-0.2, 0) is 0 Å². The zero-order chi connectivity index (χ0) is 17.7. The normalized spacial score (nSPS) is 10.2. The van der Waals surface area contributed by atoms with Crippen molar-refractivity contribution in [2.75, 3.05) is 24.7 Å². The highest BCUT2D eigenvalue weighted by Gasteiger charge is 1.96. The highest BCUT2D eigenvalue weighted by atomic mass is 35.5. The summed E-state index contributed by atoms with van der Waals surface area (Å²) in [4.78, 5) is 0. The predicted molar refractivity (Wildman–Crippen MR) is 112 cm³/mol. The molecule has 0 unspecified atom stereocenters. The molecule has 144 valence electrons. The Hall–Kier alpha value is -2.07. The SMILES string of the molecule is Cl.Nc1ccc(OCCCCCCCCCOc2ccc(N)cc2)cc1. The zero-order valence-electron chi connectivity index (χ0n) is 15.4. The van der Waals surface area contributed by atoms with E-state index in [1.165, 1.54) is 32.1 Å². The first-order chi connectivity index (χ1) is 12.2. The molecule has 4 N–H and O–H groups in total. The summed E-state index contributed by atoms with van der Waals surface area (Å²) in [7, 11) is 0. The monoisotopic (exact) mass is 378 g/mol. The minimum atomic E-state index is 0. The van der Waals surface area contributed by atoms with E-state index in [4.69, 9.17) is 20.9 Å².